The summed E-state index contributed by atoms with van der Waals surface area (Å²) in [5.41, 5.74) is 4.13. The third-order valence-electron chi connectivity index (χ3n) is 5.10. The molecule has 0 heterocycles. The van der Waals surface area contributed by atoms with Crippen molar-refractivity contribution in [2.24, 2.45) is 5.10 Å². The number of anilines is 2. The van der Waals surface area contributed by atoms with Crippen molar-refractivity contribution in [1.82, 2.24) is 0 Å². The van der Waals surface area contributed by atoms with E-state index in [1.165, 1.54) is 36.4 Å². The van der Waals surface area contributed by atoms with Gasteiger partial charge in [0.15, 0.2) is 0 Å². The Morgan fingerprint density at radius 1 is 0.971 bits per heavy atom. The van der Waals surface area contributed by atoms with E-state index in [4.69, 9.17) is 11.6 Å². The summed E-state index contributed by atoms with van der Waals surface area (Å²) in [5.74, 6) is 0. The molecule has 0 amide bonds. The number of nitrogens with one attached hydrogen (secondary N) is 2. The fourth-order valence-electron chi connectivity index (χ4n) is 3.40. The van der Waals surface area contributed by atoms with E-state index < -0.39 is 20.6 Å². The molecule has 0 spiro atoms. The fraction of sp³-hybridized carbons (Fsp3) is 0.0417. The zero-order chi connectivity index (χ0) is 24.3. The van der Waals surface area contributed by atoms with E-state index in [0.717, 1.165) is 22.4 Å². The standard InChI is InChI=1S/C24H19ClN4O4S/c1-16(21-8-4-6-17-5-2-3-7-22(17)21)26-27-23-14-13-20(15-24(23)29(30)31)34(32,33)28-19-11-9-18(25)10-12-19/h2-15,27-28H,1H3/b26-16+. The molecule has 0 radical (unpaired) electrons. The van der Waals surface area contributed by atoms with Crippen LogP contribution in [-0.2, 0) is 10.0 Å². The predicted octanol–water partition coefficient (Wildman–Crippen LogP) is 6.04. The summed E-state index contributed by atoms with van der Waals surface area (Å²) in [4.78, 5) is 10.8. The molecule has 0 unspecified atom stereocenters. The van der Waals surface area contributed by atoms with Crippen molar-refractivity contribution < 1.29 is 13.3 Å². The van der Waals surface area contributed by atoms with Crippen molar-refractivity contribution in [3.05, 3.63) is 106 Å². The largest absolute Gasteiger partial charge is 0.295 e. The second-order valence-corrected chi connectivity index (χ2v) is 9.50. The summed E-state index contributed by atoms with van der Waals surface area (Å²) < 4.78 is 27.8. The van der Waals surface area contributed by atoms with Crippen LogP contribution in [0.3, 0.4) is 0 Å². The van der Waals surface area contributed by atoms with Crippen LogP contribution in [0.2, 0.25) is 5.02 Å². The number of hydrazone groups is 1. The lowest BCUT2D eigenvalue weighted by Crippen LogP contribution is -2.13. The Morgan fingerprint density at radius 3 is 2.41 bits per heavy atom. The van der Waals surface area contributed by atoms with E-state index in [1.54, 1.807) is 6.92 Å². The Hall–Kier alpha value is -3.95. The summed E-state index contributed by atoms with van der Waals surface area (Å²) in [7, 11) is -4.06. The van der Waals surface area contributed by atoms with E-state index in [-0.39, 0.29) is 16.3 Å². The van der Waals surface area contributed by atoms with Crippen molar-refractivity contribution in [3.8, 4) is 0 Å². The second kappa shape index (κ2) is 9.50. The molecular weight excluding hydrogens is 476 g/mol. The molecular formula is C24H19ClN4O4S. The minimum absolute atomic E-state index is 0.0648. The number of hydrogen-bond acceptors (Lipinski definition) is 6. The van der Waals surface area contributed by atoms with Gasteiger partial charge in [0.2, 0.25) is 0 Å². The summed E-state index contributed by atoms with van der Waals surface area (Å²) in [6, 6.07) is 23.3. The normalized spacial score (nSPS) is 11.9. The summed E-state index contributed by atoms with van der Waals surface area (Å²) in [6.45, 7) is 1.79. The summed E-state index contributed by atoms with van der Waals surface area (Å²) >= 11 is 5.82. The van der Waals surface area contributed by atoms with Crippen LogP contribution in [-0.4, -0.2) is 19.1 Å². The lowest BCUT2D eigenvalue weighted by molar-refractivity contribution is -0.384. The number of nitro groups is 1. The van der Waals surface area contributed by atoms with Gasteiger partial charge in [-0.15, -0.1) is 0 Å². The SMILES string of the molecule is C/C(=N\Nc1ccc(S(=O)(=O)Nc2ccc(Cl)cc2)cc1[N+](=O)[O-])c1cccc2ccccc12. The highest BCUT2D eigenvalue weighted by Crippen LogP contribution is 2.29. The zero-order valence-corrected chi connectivity index (χ0v) is 19.5. The molecule has 34 heavy (non-hydrogen) atoms. The number of nitro benzene ring substituents is 1. The van der Waals surface area contributed by atoms with Gasteiger partial charge in [-0.1, -0.05) is 54.1 Å². The van der Waals surface area contributed by atoms with Gasteiger partial charge in [0.05, 0.1) is 15.5 Å². The molecule has 0 aliphatic heterocycles. The van der Waals surface area contributed by atoms with Crippen LogP contribution in [0.5, 0.6) is 0 Å². The van der Waals surface area contributed by atoms with E-state index >= 15 is 0 Å². The fourth-order valence-corrected chi connectivity index (χ4v) is 4.61. The second-order valence-electron chi connectivity index (χ2n) is 7.38. The van der Waals surface area contributed by atoms with Gasteiger partial charge < -0.3 is 0 Å². The highest BCUT2D eigenvalue weighted by molar-refractivity contribution is 7.92. The molecule has 0 saturated heterocycles. The number of hydrogen-bond donors (Lipinski definition) is 2. The van der Waals surface area contributed by atoms with Crippen molar-refractivity contribution in [2.45, 2.75) is 11.8 Å². The molecule has 4 aromatic rings. The molecule has 10 heteroatoms. The molecule has 0 fully saturated rings. The van der Waals surface area contributed by atoms with Gasteiger partial charge in [0.25, 0.3) is 15.7 Å². The summed E-state index contributed by atoms with van der Waals surface area (Å²) in [5, 5.41) is 18.5. The number of fused-ring (bicyclic) bond motifs is 1. The highest BCUT2D eigenvalue weighted by Gasteiger charge is 2.22. The number of sulfonamides is 1. The quantitative estimate of drug-likeness (QED) is 0.185. The van der Waals surface area contributed by atoms with Gasteiger partial charge in [0, 0.05) is 22.3 Å². The first-order chi connectivity index (χ1) is 16.2. The van der Waals surface area contributed by atoms with Crippen molar-refractivity contribution in [1.29, 1.82) is 0 Å². The maximum absolute atomic E-state index is 12.7. The number of nitrogens with zero attached hydrogens (tertiary/aromatic N) is 2. The van der Waals surface area contributed by atoms with Crippen LogP contribution in [0.15, 0.2) is 94.9 Å². The Balaban J connectivity index is 1.63. The van der Waals surface area contributed by atoms with Crippen LogP contribution in [0.4, 0.5) is 17.1 Å². The predicted molar refractivity (Wildman–Crippen MR) is 135 cm³/mol. The molecule has 0 atom stereocenters. The van der Waals surface area contributed by atoms with Crippen molar-refractivity contribution in [2.75, 3.05) is 10.1 Å². The van der Waals surface area contributed by atoms with Gasteiger partial charge in [-0.05, 0) is 54.1 Å². The van der Waals surface area contributed by atoms with E-state index in [2.05, 4.69) is 15.2 Å². The van der Waals surface area contributed by atoms with Crippen LogP contribution in [0.25, 0.3) is 10.8 Å². The van der Waals surface area contributed by atoms with Crippen LogP contribution >= 0.6 is 11.6 Å². The first kappa shape index (κ1) is 23.2. The van der Waals surface area contributed by atoms with Crippen molar-refractivity contribution >= 4 is 55.2 Å². The maximum Gasteiger partial charge on any atom is 0.295 e. The number of halogens is 1. The van der Waals surface area contributed by atoms with Gasteiger partial charge >= 0.3 is 0 Å². The average Bonchev–Trinajstić information content (AvgIpc) is 2.83. The Labute approximate surface area is 201 Å². The molecule has 0 aromatic heterocycles. The minimum atomic E-state index is -4.06. The van der Waals surface area contributed by atoms with Gasteiger partial charge in [-0.2, -0.15) is 5.10 Å². The minimum Gasteiger partial charge on any atom is -0.280 e. The molecule has 8 nitrogen and oxygen atoms in total. The van der Waals surface area contributed by atoms with E-state index in [9.17, 15) is 18.5 Å². The molecule has 4 rings (SSSR count). The molecule has 0 aliphatic rings. The molecule has 4 aromatic carbocycles. The molecule has 2 N–H and O–H groups in total. The van der Waals surface area contributed by atoms with Crippen LogP contribution in [0.1, 0.15) is 12.5 Å². The molecule has 0 aliphatic carbocycles. The first-order valence-electron chi connectivity index (χ1n) is 10.1. The van der Waals surface area contributed by atoms with E-state index in [1.807, 2.05) is 42.5 Å². The molecule has 0 bridgehead atoms. The smallest absolute Gasteiger partial charge is 0.280 e. The van der Waals surface area contributed by atoms with E-state index in [0.29, 0.717) is 10.7 Å². The van der Waals surface area contributed by atoms with Crippen LogP contribution in [0, 0.1) is 10.1 Å². The Kier molecular flexibility index (Phi) is 6.49. The highest BCUT2D eigenvalue weighted by atomic mass is 35.5. The molecule has 0 saturated carbocycles. The summed E-state index contributed by atoms with van der Waals surface area (Å²) in [6.07, 6.45) is 0. The Bertz CT molecular complexity index is 1510. The first-order valence-corrected chi connectivity index (χ1v) is 12.0. The molecule has 172 valence electrons. The lowest BCUT2D eigenvalue weighted by Gasteiger charge is -2.10. The number of rotatable bonds is 7. The Morgan fingerprint density at radius 2 is 1.68 bits per heavy atom. The van der Waals surface area contributed by atoms with Gasteiger partial charge in [-0.3, -0.25) is 20.3 Å². The van der Waals surface area contributed by atoms with Gasteiger partial charge in [0.1, 0.15) is 5.69 Å². The lowest BCUT2D eigenvalue weighted by atomic mass is 10.0. The van der Waals surface area contributed by atoms with Crippen LogP contribution < -0.4 is 10.1 Å². The van der Waals surface area contributed by atoms with Gasteiger partial charge in [-0.25, -0.2) is 8.42 Å². The maximum atomic E-state index is 12.7. The third-order valence-corrected chi connectivity index (χ3v) is 6.73. The average molecular weight is 495 g/mol. The third kappa shape index (κ3) is 5.00. The monoisotopic (exact) mass is 494 g/mol. The van der Waals surface area contributed by atoms with Crippen molar-refractivity contribution in [3.63, 3.8) is 0 Å². The zero-order valence-electron chi connectivity index (χ0n) is 17.9. The topological polar surface area (TPSA) is 114 Å². The number of benzene rings is 4.